The second-order valence-electron chi connectivity index (χ2n) is 5.37. The van der Waals surface area contributed by atoms with E-state index < -0.39 is 0 Å². The van der Waals surface area contributed by atoms with E-state index in [9.17, 15) is 0 Å². The summed E-state index contributed by atoms with van der Waals surface area (Å²) >= 11 is 0. The zero-order valence-corrected chi connectivity index (χ0v) is 12.3. The van der Waals surface area contributed by atoms with E-state index in [1.165, 1.54) is 29.3 Å². The van der Waals surface area contributed by atoms with E-state index in [2.05, 4.69) is 54.7 Å². The molecule has 1 fully saturated rings. The van der Waals surface area contributed by atoms with Crippen LogP contribution in [0.4, 0.5) is 0 Å². The first-order valence-corrected chi connectivity index (χ1v) is 7.52. The molecule has 2 heterocycles. The van der Waals surface area contributed by atoms with Gasteiger partial charge in [0.1, 0.15) is 6.23 Å². The summed E-state index contributed by atoms with van der Waals surface area (Å²) in [4.78, 5) is 0. The predicted octanol–water partition coefficient (Wildman–Crippen LogP) is 4.41. The lowest BCUT2D eigenvalue weighted by atomic mass is 10.0. The Morgan fingerprint density at radius 2 is 2.20 bits per heavy atom. The fourth-order valence-electron chi connectivity index (χ4n) is 2.90. The van der Waals surface area contributed by atoms with Gasteiger partial charge in [-0.15, -0.1) is 0 Å². The molecule has 1 saturated heterocycles. The Morgan fingerprint density at radius 1 is 1.30 bits per heavy atom. The Labute approximate surface area is 120 Å². The second-order valence-corrected chi connectivity index (χ2v) is 5.37. The van der Waals surface area contributed by atoms with Crippen LogP contribution in [0.1, 0.15) is 50.0 Å². The van der Waals surface area contributed by atoms with Crippen LogP contribution in [-0.4, -0.2) is 11.2 Å². The zero-order valence-electron chi connectivity index (χ0n) is 12.3. The fraction of sp³-hybridized carbons (Fsp3) is 0.444. The topological polar surface area (TPSA) is 14.2 Å². The Bertz CT molecular complexity index is 666. The lowest BCUT2D eigenvalue weighted by Crippen LogP contribution is -2.17. The van der Waals surface area contributed by atoms with E-state index >= 15 is 0 Å². The Balaban J connectivity index is 2.03. The molecule has 20 heavy (non-hydrogen) atoms. The maximum Gasteiger partial charge on any atom is 0.133 e. The molecule has 2 nitrogen and oxygen atoms in total. The van der Waals surface area contributed by atoms with Crippen LogP contribution < -0.4 is 0 Å². The van der Waals surface area contributed by atoms with E-state index in [1.807, 2.05) is 0 Å². The minimum atomic E-state index is 0.202. The van der Waals surface area contributed by atoms with Gasteiger partial charge in [0.05, 0.1) is 5.52 Å². The highest BCUT2D eigenvalue weighted by atomic mass is 16.5. The summed E-state index contributed by atoms with van der Waals surface area (Å²) in [7, 11) is 0. The van der Waals surface area contributed by atoms with Crippen molar-refractivity contribution in [2.45, 2.75) is 45.8 Å². The van der Waals surface area contributed by atoms with Crippen LogP contribution in [-0.2, 0) is 4.74 Å². The number of benzene rings is 1. The molecule has 3 rings (SSSR count). The molecular formula is C18H21NO. The molecule has 1 aromatic carbocycles. The van der Waals surface area contributed by atoms with Crippen molar-refractivity contribution in [2.75, 3.05) is 6.61 Å². The number of aryl methyl sites for hydroxylation is 1. The van der Waals surface area contributed by atoms with Crippen LogP contribution in [0.3, 0.4) is 0 Å². The van der Waals surface area contributed by atoms with Crippen molar-refractivity contribution in [3.63, 3.8) is 0 Å². The molecule has 104 valence electrons. The minimum absolute atomic E-state index is 0.202. The number of rotatable bonds is 1. The van der Waals surface area contributed by atoms with E-state index in [0.29, 0.717) is 0 Å². The Hall–Kier alpha value is -1.72. The van der Waals surface area contributed by atoms with Gasteiger partial charge in [-0.2, -0.15) is 0 Å². The van der Waals surface area contributed by atoms with Crippen LogP contribution in [0, 0.1) is 18.8 Å². The molecule has 1 atom stereocenters. The van der Waals surface area contributed by atoms with Crippen LogP contribution in [0.2, 0.25) is 0 Å². The lowest BCUT2D eigenvalue weighted by Gasteiger charge is -2.25. The van der Waals surface area contributed by atoms with Gasteiger partial charge < -0.3 is 9.30 Å². The van der Waals surface area contributed by atoms with Crippen molar-refractivity contribution in [1.29, 1.82) is 0 Å². The van der Waals surface area contributed by atoms with Gasteiger partial charge in [0.2, 0.25) is 0 Å². The monoisotopic (exact) mass is 267 g/mol. The molecule has 1 aliphatic heterocycles. The third-order valence-electron chi connectivity index (χ3n) is 4.04. The third-order valence-corrected chi connectivity index (χ3v) is 4.04. The van der Waals surface area contributed by atoms with Crippen LogP contribution >= 0.6 is 0 Å². The Kier molecular flexibility index (Phi) is 3.80. The molecule has 2 heteroatoms. The molecule has 1 aromatic heterocycles. The van der Waals surface area contributed by atoms with Crippen molar-refractivity contribution in [3.05, 3.63) is 35.5 Å². The molecule has 0 spiro atoms. The summed E-state index contributed by atoms with van der Waals surface area (Å²) in [5.41, 5.74) is 3.68. The van der Waals surface area contributed by atoms with Gasteiger partial charge in [-0.3, -0.25) is 0 Å². The molecule has 1 aliphatic rings. The van der Waals surface area contributed by atoms with Crippen LogP contribution in [0.25, 0.3) is 10.9 Å². The van der Waals surface area contributed by atoms with Crippen molar-refractivity contribution >= 4 is 10.9 Å². The van der Waals surface area contributed by atoms with E-state index in [4.69, 9.17) is 4.74 Å². The van der Waals surface area contributed by atoms with Gasteiger partial charge in [-0.05, 0) is 49.9 Å². The smallest absolute Gasteiger partial charge is 0.133 e. The highest BCUT2D eigenvalue weighted by Gasteiger charge is 2.17. The molecule has 2 aromatic rings. The van der Waals surface area contributed by atoms with Gasteiger partial charge in [0, 0.05) is 30.2 Å². The molecule has 0 amide bonds. The van der Waals surface area contributed by atoms with Gasteiger partial charge in [0.15, 0.2) is 0 Å². The summed E-state index contributed by atoms with van der Waals surface area (Å²) in [5, 5.41) is 1.29. The molecule has 0 saturated carbocycles. The molecular weight excluding hydrogens is 246 g/mol. The first kappa shape index (κ1) is 13.3. The number of fused-ring (bicyclic) bond motifs is 1. The quantitative estimate of drug-likeness (QED) is 0.698. The largest absolute Gasteiger partial charge is 0.358 e. The third kappa shape index (κ3) is 2.34. The van der Waals surface area contributed by atoms with Crippen molar-refractivity contribution in [1.82, 2.24) is 4.57 Å². The maximum absolute atomic E-state index is 5.90. The van der Waals surface area contributed by atoms with Crippen LogP contribution in [0.5, 0.6) is 0 Å². The molecule has 0 radical (unpaired) electrons. The Morgan fingerprint density at radius 3 is 2.95 bits per heavy atom. The van der Waals surface area contributed by atoms with Gasteiger partial charge in [-0.1, -0.05) is 18.8 Å². The fourth-order valence-corrected chi connectivity index (χ4v) is 2.90. The van der Waals surface area contributed by atoms with Gasteiger partial charge in [0.25, 0.3) is 0 Å². The number of aromatic nitrogens is 1. The normalized spacial score (nSPS) is 18.8. The summed E-state index contributed by atoms with van der Waals surface area (Å²) in [5.74, 6) is 6.41. The summed E-state index contributed by atoms with van der Waals surface area (Å²) in [6, 6.07) is 6.51. The number of ether oxygens (including phenoxy) is 1. The van der Waals surface area contributed by atoms with E-state index in [0.717, 1.165) is 25.0 Å². The number of hydrogen-bond donors (Lipinski definition) is 0. The standard InChI is InChI=1S/C18H21NO/c1-3-4-7-15-9-10-17-16(14(15)2)11-12-19(17)18-8-5-6-13-20-18/h9-12,18H,3,5-6,8,13H2,1-2H3. The second kappa shape index (κ2) is 5.73. The zero-order chi connectivity index (χ0) is 13.9. The molecule has 0 aliphatic carbocycles. The predicted molar refractivity (Wildman–Crippen MR) is 82.7 cm³/mol. The van der Waals surface area contributed by atoms with Crippen molar-refractivity contribution in [2.24, 2.45) is 0 Å². The van der Waals surface area contributed by atoms with Crippen molar-refractivity contribution in [3.8, 4) is 11.8 Å². The highest BCUT2D eigenvalue weighted by molar-refractivity contribution is 5.85. The highest BCUT2D eigenvalue weighted by Crippen LogP contribution is 2.29. The average Bonchev–Trinajstić information content (AvgIpc) is 2.92. The van der Waals surface area contributed by atoms with E-state index in [-0.39, 0.29) is 6.23 Å². The number of nitrogens with zero attached hydrogens (tertiary/aromatic N) is 1. The van der Waals surface area contributed by atoms with Crippen molar-refractivity contribution < 1.29 is 4.74 Å². The van der Waals surface area contributed by atoms with Gasteiger partial charge in [-0.25, -0.2) is 0 Å². The summed E-state index contributed by atoms with van der Waals surface area (Å²) < 4.78 is 8.18. The number of hydrogen-bond acceptors (Lipinski definition) is 1. The molecule has 1 unspecified atom stereocenters. The van der Waals surface area contributed by atoms with Crippen LogP contribution in [0.15, 0.2) is 24.4 Å². The average molecular weight is 267 g/mol. The first-order chi connectivity index (χ1) is 9.81. The van der Waals surface area contributed by atoms with Gasteiger partial charge >= 0.3 is 0 Å². The van der Waals surface area contributed by atoms with E-state index in [1.54, 1.807) is 0 Å². The lowest BCUT2D eigenvalue weighted by molar-refractivity contribution is -0.0291. The summed E-state index contributed by atoms with van der Waals surface area (Å²) in [6.07, 6.45) is 6.81. The molecule has 0 bridgehead atoms. The molecule has 0 N–H and O–H groups in total. The first-order valence-electron chi connectivity index (χ1n) is 7.52. The summed E-state index contributed by atoms with van der Waals surface area (Å²) in [6.45, 7) is 5.12. The maximum atomic E-state index is 5.90. The SMILES string of the molecule is CCC#Cc1ccc2c(ccn2C2CCCCO2)c1C. The minimum Gasteiger partial charge on any atom is -0.358 e.